The van der Waals surface area contributed by atoms with Crippen LogP contribution >= 0.6 is 0 Å². The second-order valence-electron chi connectivity index (χ2n) is 3.34. The molecule has 4 nitrogen and oxygen atoms in total. The van der Waals surface area contributed by atoms with Crippen LogP contribution in [0.4, 0.5) is 8.78 Å². The Balaban J connectivity index is 2.53. The Labute approximate surface area is 95.1 Å². The molecule has 17 heavy (non-hydrogen) atoms. The number of para-hydroxylation sites is 1. The van der Waals surface area contributed by atoms with Crippen LogP contribution < -0.4 is 0 Å². The van der Waals surface area contributed by atoms with Gasteiger partial charge in [-0.1, -0.05) is 18.2 Å². The SMILES string of the molecule is O=C(O)C(F)(F)c1ccnn1-c1ccccc1. The van der Waals surface area contributed by atoms with Gasteiger partial charge in [-0.2, -0.15) is 13.9 Å². The second kappa shape index (κ2) is 3.97. The molecule has 0 aliphatic heterocycles. The van der Waals surface area contributed by atoms with Gasteiger partial charge in [-0.25, -0.2) is 9.48 Å². The molecular weight excluding hydrogens is 230 g/mol. The number of hydrogen-bond donors (Lipinski definition) is 1. The molecule has 1 aromatic carbocycles. The lowest BCUT2D eigenvalue weighted by Crippen LogP contribution is -2.28. The van der Waals surface area contributed by atoms with Gasteiger partial charge in [-0.15, -0.1) is 0 Å². The van der Waals surface area contributed by atoms with Gasteiger partial charge in [-0.05, 0) is 18.2 Å². The van der Waals surface area contributed by atoms with Gasteiger partial charge < -0.3 is 5.11 Å². The summed E-state index contributed by atoms with van der Waals surface area (Å²) in [5.41, 5.74) is -0.287. The van der Waals surface area contributed by atoms with E-state index in [4.69, 9.17) is 5.11 Å². The van der Waals surface area contributed by atoms with Crippen molar-refractivity contribution in [3.05, 3.63) is 48.3 Å². The summed E-state index contributed by atoms with van der Waals surface area (Å²) < 4.78 is 27.7. The molecule has 1 aromatic heterocycles. The number of carbonyl (C=O) groups is 1. The van der Waals surface area contributed by atoms with Crippen LogP contribution in [0.3, 0.4) is 0 Å². The summed E-state index contributed by atoms with van der Waals surface area (Å²) in [6, 6.07) is 9.14. The first-order chi connectivity index (χ1) is 8.03. The van der Waals surface area contributed by atoms with Gasteiger partial charge in [0, 0.05) is 6.20 Å². The van der Waals surface area contributed by atoms with Crippen molar-refractivity contribution < 1.29 is 18.7 Å². The molecule has 0 unspecified atom stereocenters. The summed E-state index contributed by atoms with van der Waals surface area (Å²) >= 11 is 0. The number of carboxylic acid groups (broad SMARTS) is 1. The Bertz CT molecular complexity index is 537. The number of alkyl halides is 2. The minimum Gasteiger partial charge on any atom is -0.476 e. The third-order valence-corrected chi connectivity index (χ3v) is 2.23. The molecule has 6 heteroatoms. The number of aliphatic carboxylic acids is 1. The summed E-state index contributed by atoms with van der Waals surface area (Å²) in [5.74, 6) is -6.16. The molecule has 0 radical (unpaired) electrons. The molecule has 0 aliphatic carbocycles. The van der Waals surface area contributed by atoms with Crippen molar-refractivity contribution in [1.82, 2.24) is 9.78 Å². The van der Waals surface area contributed by atoms with Crippen LogP contribution in [-0.4, -0.2) is 20.9 Å². The van der Waals surface area contributed by atoms with Crippen LogP contribution in [-0.2, 0) is 10.7 Å². The highest BCUT2D eigenvalue weighted by Gasteiger charge is 2.44. The van der Waals surface area contributed by atoms with E-state index in [-0.39, 0.29) is 0 Å². The fourth-order valence-electron chi connectivity index (χ4n) is 1.43. The van der Waals surface area contributed by atoms with Crippen molar-refractivity contribution in [2.45, 2.75) is 5.92 Å². The lowest BCUT2D eigenvalue weighted by atomic mass is 10.2. The van der Waals surface area contributed by atoms with Crippen LogP contribution in [0.5, 0.6) is 0 Å². The molecule has 0 bridgehead atoms. The maximum atomic E-state index is 13.4. The standard InChI is InChI=1S/C11H8F2N2O2/c12-11(13,10(16)17)9-6-7-14-15(9)8-4-2-1-3-5-8/h1-7H,(H,16,17). The third kappa shape index (κ3) is 1.89. The molecule has 2 rings (SSSR count). The predicted octanol–water partition coefficient (Wildman–Crippen LogP) is 2.05. The van der Waals surface area contributed by atoms with Gasteiger partial charge in [0.2, 0.25) is 0 Å². The van der Waals surface area contributed by atoms with Gasteiger partial charge in [0.05, 0.1) is 5.69 Å². The molecule has 1 heterocycles. The molecule has 0 aliphatic rings. The van der Waals surface area contributed by atoms with Crippen LogP contribution in [0.2, 0.25) is 0 Å². The topological polar surface area (TPSA) is 55.1 Å². The molecule has 0 atom stereocenters. The maximum Gasteiger partial charge on any atom is 0.384 e. The molecule has 0 amide bonds. The van der Waals surface area contributed by atoms with Gasteiger partial charge in [-0.3, -0.25) is 0 Å². The van der Waals surface area contributed by atoms with E-state index in [1.165, 1.54) is 0 Å². The van der Waals surface area contributed by atoms with Crippen molar-refractivity contribution in [3.63, 3.8) is 0 Å². The first-order valence-corrected chi connectivity index (χ1v) is 4.74. The van der Waals surface area contributed by atoms with E-state index in [9.17, 15) is 13.6 Å². The van der Waals surface area contributed by atoms with E-state index in [0.29, 0.717) is 5.69 Å². The molecule has 1 N–H and O–H groups in total. The number of benzene rings is 1. The molecule has 0 fully saturated rings. The lowest BCUT2D eigenvalue weighted by molar-refractivity contribution is -0.167. The summed E-state index contributed by atoms with van der Waals surface area (Å²) in [7, 11) is 0. The van der Waals surface area contributed by atoms with Crippen molar-refractivity contribution in [2.24, 2.45) is 0 Å². The van der Waals surface area contributed by atoms with E-state index in [2.05, 4.69) is 5.10 Å². The minimum atomic E-state index is -3.97. The van der Waals surface area contributed by atoms with E-state index in [0.717, 1.165) is 16.9 Å². The molecule has 0 spiro atoms. The Morgan fingerprint density at radius 1 is 1.24 bits per heavy atom. The Hall–Kier alpha value is -2.24. The van der Waals surface area contributed by atoms with Crippen molar-refractivity contribution in [1.29, 1.82) is 0 Å². The number of hydrogen-bond acceptors (Lipinski definition) is 2. The fourth-order valence-corrected chi connectivity index (χ4v) is 1.43. The second-order valence-corrected chi connectivity index (χ2v) is 3.34. The molecule has 2 aromatic rings. The first kappa shape index (κ1) is 11.3. The monoisotopic (exact) mass is 238 g/mol. The van der Waals surface area contributed by atoms with Gasteiger partial charge in [0.15, 0.2) is 0 Å². The Morgan fingerprint density at radius 3 is 2.47 bits per heavy atom. The zero-order chi connectivity index (χ0) is 12.5. The summed E-state index contributed by atoms with van der Waals surface area (Å²) in [5, 5.41) is 12.2. The van der Waals surface area contributed by atoms with E-state index < -0.39 is 17.6 Å². The number of carboxylic acids is 1. The zero-order valence-electron chi connectivity index (χ0n) is 8.55. The predicted molar refractivity (Wildman–Crippen MR) is 55.1 cm³/mol. The van der Waals surface area contributed by atoms with E-state index in [1.54, 1.807) is 30.3 Å². The smallest absolute Gasteiger partial charge is 0.384 e. The summed E-state index contributed by atoms with van der Waals surface area (Å²) in [4.78, 5) is 10.5. The average molecular weight is 238 g/mol. The zero-order valence-corrected chi connectivity index (χ0v) is 8.55. The highest BCUT2D eigenvalue weighted by molar-refractivity contribution is 5.76. The highest BCUT2D eigenvalue weighted by Crippen LogP contribution is 2.29. The van der Waals surface area contributed by atoms with Gasteiger partial charge >= 0.3 is 11.9 Å². The molecule has 0 saturated heterocycles. The third-order valence-electron chi connectivity index (χ3n) is 2.23. The fraction of sp³-hybridized carbons (Fsp3) is 0.0909. The minimum absolute atomic E-state index is 0.383. The quantitative estimate of drug-likeness (QED) is 0.890. The summed E-state index contributed by atoms with van der Waals surface area (Å²) in [6.07, 6.45) is 1.14. The largest absolute Gasteiger partial charge is 0.476 e. The average Bonchev–Trinajstić information content (AvgIpc) is 2.79. The normalized spacial score (nSPS) is 11.4. The number of halogens is 2. The Kier molecular flexibility index (Phi) is 2.63. The van der Waals surface area contributed by atoms with Crippen LogP contribution in [0.15, 0.2) is 42.6 Å². The van der Waals surface area contributed by atoms with Gasteiger partial charge in [0.25, 0.3) is 0 Å². The van der Waals surface area contributed by atoms with Crippen molar-refractivity contribution >= 4 is 5.97 Å². The number of nitrogens with zero attached hydrogens (tertiary/aromatic N) is 2. The first-order valence-electron chi connectivity index (χ1n) is 4.74. The number of rotatable bonds is 3. The van der Waals surface area contributed by atoms with Crippen molar-refractivity contribution in [3.8, 4) is 5.69 Å². The molecule has 0 saturated carbocycles. The van der Waals surface area contributed by atoms with Crippen LogP contribution in [0, 0.1) is 0 Å². The highest BCUT2D eigenvalue weighted by atomic mass is 19.3. The maximum absolute atomic E-state index is 13.4. The number of aromatic nitrogens is 2. The Morgan fingerprint density at radius 2 is 1.88 bits per heavy atom. The lowest BCUT2D eigenvalue weighted by Gasteiger charge is -2.13. The molecule has 88 valence electrons. The van der Waals surface area contributed by atoms with Crippen molar-refractivity contribution in [2.75, 3.05) is 0 Å². The summed E-state index contributed by atoms with van der Waals surface area (Å²) in [6.45, 7) is 0. The van der Waals surface area contributed by atoms with E-state index >= 15 is 0 Å². The molecular formula is C11H8F2N2O2. The van der Waals surface area contributed by atoms with Crippen LogP contribution in [0.25, 0.3) is 5.69 Å². The van der Waals surface area contributed by atoms with Crippen LogP contribution in [0.1, 0.15) is 5.69 Å². The van der Waals surface area contributed by atoms with Gasteiger partial charge in [0.1, 0.15) is 5.69 Å². The van der Waals surface area contributed by atoms with E-state index in [1.807, 2.05) is 0 Å².